The summed E-state index contributed by atoms with van der Waals surface area (Å²) >= 11 is 0. The number of rotatable bonds is 10. The van der Waals surface area contributed by atoms with E-state index in [0.717, 1.165) is 43.3 Å². The molecule has 0 radical (unpaired) electrons. The van der Waals surface area contributed by atoms with Crippen LogP contribution in [-0.2, 0) is 11.3 Å². The molecule has 0 amide bonds. The number of hydrogen-bond acceptors (Lipinski definition) is 3. The number of imidazole rings is 1. The molecule has 0 unspecified atom stereocenters. The Morgan fingerprint density at radius 2 is 2.04 bits per heavy atom. The van der Waals surface area contributed by atoms with Gasteiger partial charge in [-0.2, -0.15) is 0 Å². The van der Waals surface area contributed by atoms with Crippen molar-refractivity contribution in [3.8, 4) is 5.69 Å². The molecule has 2 rings (SSSR count). The van der Waals surface area contributed by atoms with Gasteiger partial charge in [-0.25, -0.2) is 9.98 Å². The van der Waals surface area contributed by atoms with Gasteiger partial charge in [-0.15, -0.1) is 24.0 Å². The van der Waals surface area contributed by atoms with Gasteiger partial charge in [0.25, 0.3) is 0 Å². The number of aromatic nitrogens is 2. The van der Waals surface area contributed by atoms with Crippen molar-refractivity contribution in [2.24, 2.45) is 10.9 Å². The Morgan fingerprint density at radius 3 is 2.74 bits per heavy atom. The number of halogens is 1. The van der Waals surface area contributed by atoms with Crippen LogP contribution in [0.1, 0.15) is 32.8 Å². The molecule has 6 nitrogen and oxygen atoms in total. The molecular formula is C20H32IN5O. The maximum atomic E-state index is 5.65. The topological polar surface area (TPSA) is 63.5 Å². The molecule has 0 aliphatic carbocycles. The summed E-state index contributed by atoms with van der Waals surface area (Å²) in [5, 5.41) is 6.61. The highest BCUT2D eigenvalue weighted by Crippen LogP contribution is 2.14. The normalized spacial score (nSPS) is 11.3. The molecule has 0 fully saturated rings. The van der Waals surface area contributed by atoms with Crippen LogP contribution in [-0.4, -0.2) is 41.8 Å². The third-order valence-electron chi connectivity index (χ3n) is 3.90. The fraction of sp³-hybridized carbons (Fsp3) is 0.500. The summed E-state index contributed by atoms with van der Waals surface area (Å²) in [6.45, 7) is 10.1. The molecule has 0 bridgehead atoms. The van der Waals surface area contributed by atoms with Crippen LogP contribution in [0.15, 0.2) is 48.0 Å². The van der Waals surface area contributed by atoms with E-state index < -0.39 is 0 Å². The number of hydrogen-bond donors (Lipinski definition) is 2. The average molecular weight is 485 g/mol. The standard InChI is InChI=1S/C20H31N5O.HI/c1-4-22-20(23-11-14-26-13-9-17(2)3)24-15-18-7-5-6-8-19(18)25-12-10-21-16-25;/h5-8,10,12,16-17H,4,9,11,13-15H2,1-3H3,(H2,22,23,24);1H. The molecule has 2 N–H and O–H groups in total. The second-order valence-electron chi connectivity index (χ2n) is 6.52. The minimum atomic E-state index is 0. The first-order chi connectivity index (χ1) is 12.7. The summed E-state index contributed by atoms with van der Waals surface area (Å²) < 4.78 is 7.66. The van der Waals surface area contributed by atoms with Crippen molar-refractivity contribution in [3.05, 3.63) is 48.5 Å². The van der Waals surface area contributed by atoms with Crippen molar-refractivity contribution in [2.75, 3.05) is 26.3 Å². The smallest absolute Gasteiger partial charge is 0.191 e. The zero-order valence-corrected chi connectivity index (χ0v) is 18.8. The van der Waals surface area contributed by atoms with Crippen LogP contribution in [0.5, 0.6) is 0 Å². The average Bonchev–Trinajstić information content (AvgIpc) is 3.17. The minimum absolute atomic E-state index is 0. The third kappa shape index (κ3) is 8.75. The third-order valence-corrected chi connectivity index (χ3v) is 3.90. The Kier molecular flexibility index (Phi) is 11.8. The summed E-state index contributed by atoms with van der Waals surface area (Å²) in [7, 11) is 0. The monoisotopic (exact) mass is 485 g/mol. The lowest BCUT2D eigenvalue weighted by Gasteiger charge is -2.13. The molecule has 0 spiro atoms. The molecule has 27 heavy (non-hydrogen) atoms. The lowest BCUT2D eigenvalue weighted by molar-refractivity contribution is 0.128. The molecule has 1 aromatic heterocycles. The molecule has 150 valence electrons. The number of nitrogens with one attached hydrogen (secondary N) is 2. The predicted octanol–water partition coefficient (Wildman–Crippen LogP) is 3.61. The number of ether oxygens (including phenoxy) is 1. The fourth-order valence-electron chi connectivity index (χ4n) is 2.47. The first kappa shape index (κ1) is 23.4. The molecule has 0 aliphatic rings. The maximum Gasteiger partial charge on any atom is 0.191 e. The van der Waals surface area contributed by atoms with Crippen molar-refractivity contribution < 1.29 is 4.74 Å². The Balaban J connectivity index is 0.00000364. The van der Waals surface area contributed by atoms with Gasteiger partial charge in [0.05, 0.1) is 25.2 Å². The van der Waals surface area contributed by atoms with Crippen LogP contribution in [0.3, 0.4) is 0 Å². The Hall–Kier alpha value is -1.61. The van der Waals surface area contributed by atoms with Crippen molar-refractivity contribution in [3.63, 3.8) is 0 Å². The maximum absolute atomic E-state index is 5.65. The first-order valence-electron chi connectivity index (χ1n) is 9.36. The zero-order valence-electron chi connectivity index (χ0n) is 16.5. The van der Waals surface area contributed by atoms with Gasteiger partial charge in [0.15, 0.2) is 5.96 Å². The summed E-state index contributed by atoms with van der Waals surface area (Å²) in [6, 6.07) is 8.24. The summed E-state index contributed by atoms with van der Waals surface area (Å²) in [5.41, 5.74) is 2.25. The van der Waals surface area contributed by atoms with Crippen LogP contribution in [0.4, 0.5) is 0 Å². The van der Waals surface area contributed by atoms with Gasteiger partial charge < -0.3 is 19.9 Å². The van der Waals surface area contributed by atoms with E-state index in [9.17, 15) is 0 Å². The number of nitrogens with zero attached hydrogens (tertiary/aromatic N) is 3. The largest absolute Gasteiger partial charge is 0.380 e. The van der Waals surface area contributed by atoms with E-state index in [1.807, 2.05) is 22.9 Å². The van der Waals surface area contributed by atoms with E-state index in [2.05, 4.69) is 48.5 Å². The summed E-state index contributed by atoms with van der Waals surface area (Å²) in [6.07, 6.45) is 6.63. The van der Waals surface area contributed by atoms with Gasteiger partial charge in [-0.1, -0.05) is 32.0 Å². The Bertz CT molecular complexity index is 658. The molecule has 1 aromatic carbocycles. The molecule has 0 atom stereocenters. The van der Waals surface area contributed by atoms with Crippen molar-refractivity contribution >= 4 is 29.9 Å². The number of aliphatic imine (C=N–C) groups is 1. The predicted molar refractivity (Wildman–Crippen MR) is 122 cm³/mol. The zero-order chi connectivity index (χ0) is 18.6. The van der Waals surface area contributed by atoms with Gasteiger partial charge in [-0.05, 0) is 30.9 Å². The SMILES string of the molecule is CCNC(=NCc1ccccc1-n1ccnc1)NCCOCCC(C)C.I. The van der Waals surface area contributed by atoms with Crippen LogP contribution in [0.2, 0.25) is 0 Å². The van der Waals surface area contributed by atoms with Gasteiger partial charge >= 0.3 is 0 Å². The van der Waals surface area contributed by atoms with Gasteiger partial charge in [0, 0.05) is 32.1 Å². The van der Waals surface area contributed by atoms with Crippen molar-refractivity contribution in [1.82, 2.24) is 20.2 Å². The van der Waals surface area contributed by atoms with Crippen molar-refractivity contribution in [2.45, 2.75) is 33.7 Å². The highest BCUT2D eigenvalue weighted by atomic mass is 127. The van der Waals surface area contributed by atoms with Gasteiger partial charge in [-0.3, -0.25) is 0 Å². The van der Waals surface area contributed by atoms with Crippen LogP contribution in [0.25, 0.3) is 5.69 Å². The lowest BCUT2D eigenvalue weighted by Crippen LogP contribution is -2.39. The lowest BCUT2D eigenvalue weighted by atomic mass is 10.1. The second kappa shape index (κ2) is 13.5. The number of benzene rings is 1. The van der Waals surface area contributed by atoms with E-state index in [1.165, 1.54) is 0 Å². The van der Waals surface area contributed by atoms with Crippen LogP contribution >= 0.6 is 24.0 Å². The van der Waals surface area contributed by atoms with Gasteiger partial charge in [0.1, 0.15) is 0 Å². The van der Waals surface area contributed by atoms with E-state index in [0.29, 0.717) is 19.1 Å². The molecule has 0 aliphatic heterocycles. The second-order valence-corrected chi connectivity index (χ2v) is 6.52. The highest BCUT2D eigenvalue weighted by Gasteiger charge is 2.04. The van der Waals surface area contributed by atoms with E-state index >= 15 is 0 Å². The molecule has 0 saturated heterocycles. The quantitative estimate of drug-likeness (QED) is 0.234. The Morgan fingerprint density at radius 1 is 1.22 bits per heavy atom. The molecule has 0 saturated carbocycles. The molecule has 2 aromatic rings. The number of para-hydroxylation sites is 1. The summed E-state index contributed by atoms with van der Waals surface area (Å²) in [4.78, 5) is 8.83. The van der Waals surface area contributed by atoms with E-state index in [1.54, 1.807) is 12.5 Å². The van der Waals surface area contributed by atoms with Gasteiger partial charge in [0.2, 0.25) is 0 Å². The Labute approximate surface area is 179 Å². The molecular weight excluding hydrogens is 453 g/mol. The minimum Gasteiger partial charge on any atom is -0.380 e. The molecule has 7 heteroatoms. The van der Waals surface area contributed by atoms with Crippen LogP contribution in [0, 0.1) is 5.92 Å². The summed E-state index contributed by atoms with van der Waals surface area (Å²) in [5.74, 6) is 1.48. The number of guanidine groups is 1. The fourth-order valence-corrected chi connectivity index (χ4v) is 2.47. The van der Waals surface area contributed by atoms with E-state index in [-0.39, 0.29) is 24.0 Å². The van der Waals surface area contributed by atoms with Crippen LogP contribution < -0.4 is 10.6 Å². The highest BCUT2D eigenvalue weighted by molar-refractivity contribution is 14.0. The van der Waals surface area contributed by atoms with Crippen molar-refractivity contribution in [1.29, 1.82) is 0 Å². The first-order valence-corrected chi connectivity index (χ1v) is 9.36. The van der Waals surface area contributed by atoms with E-state index in [4.69, 9.17) is 9.73 Å². The molecule has 1 heterocycles.